The van der Waals surface area contributed by atoms with Gasteiger partial charge in [0.25, 0.3) is 0 Å². The molecule has 10 aliphatic carbocycles. The second-order valence-corrected chi connectivity index (χ2v) is 30.2. The van der Waals surface area contributed by atoms with Crippen molar-refractivity contribution in [3.63, 3.8) is 0 Å². The molecule has 0 radical (unpaired) electrons. The van der Waals surface area contributed by atoms with Gasteiger partial charge in [0, 0.05) is 165 Å². The van der Waals surface area contributed by atoms with E-state index in [1.54, 1.807) is 103 Å². The number of rotatable bonds is 24. The highest BCUT2D eigenvalue weighted by Crippen LogP contribution is 2.83. The average molecular weight is 1330 g/mol. The standard InChI is InChI=1S/C71H98N2O22/c1-11-72-32-64(34-84-3)40(74)28-42(86-5)68-38-30-66(82)58(92-62(80)36-22-16-13-17-23-36)46(38)70(56(78)60(66)90-9,48(54(68)72)50(88-7)52(64)68)94-44(76)26-20-15-21-27-45(77)95-71-47-39(31-67(83,61(91-10)57(71)79)59(47)93-63(81)37-24-18-14-19-25-37)69-43(87-6)29-41(75)65(35-85-4)33-73(12-2)55(69)49(71)51(89-8)53(65)69/h13-14,16-19,22-25,38-43,46-61,74-75,78-79,82-83H,11-12,15,20-21,26-35H2,1-10H3/t38-,39-,40-,41-,42+,43+,46-,47-,48+,49+,50+,51+,52-,53-,54?,55?,56+,57+,58-,59-,60+,61+,64+,65+,66-,67-,68+,69+,70-,71-/m1/s1. The van der Waals surface area contributed by atoms with E-state index in [0.717, 1.165) is 0 Å². The van der Waals surface area contributed by atoms with Crippen LogP contribution in [-0.2, 0) is 66.4 Å². The zero-order valence-corrected chi connectivity index (χ0v) is 56.2. The van der Waals surface area contributed by atoms with Crippen LogP contribution in [0.15, 0.2) is 60.7 Å². The van der Waals surface area contributed by atoms with Crippen LogP contribution >= 0.6 is 0 Å². The van der Waals surface area contributed by atoms with Gasteiger partial charge in [-0.05, 0) is 74.9 Å². The van der Waals surface area contributed by atoms with Gasteiger partial charge in [-0.15, -0.1) is 0 Å². The first-order valence-electron chi connectivity index (χ1n) is 34.4. The molecule has 24 heteroatoms. The lowest BCUT2D eigenvalue weighted by atomic mass is 9.42. The number of piperidine rings is 2. The van der Waals surface area contributed by atoms with E-state index in [2.05, 4.69) is 9.80 Å². The van der Waals surface area contributed by atoms with Crippen LogP contribution in [0.3, 0.4) is 0 Å². The molecule has 2 heterocycles. The molecule has 24 nitrogen and oxygen atoms in total. The second kappa shape index (κ2) is 24.2. The topological polar surface area (TPSA) is 307 Å². The van der Waals surface area contributed by atoms with Crippen molar-refractivity contribution in [3.05, 3.63) is 71.8 Å². The Bertz CT molecular complexity index is 3020. The van der Waals surface area contributed by atoms with Gasteiger partial charge in [-0.2, -0.15) is 0 Å². The number of aliphatic hydroxyl groups is 6. The van der Waals surface area contributed by atoms with Gasteiger partial charge in [-0.3, -0.25) is 19.4 Å². The fourth-order valence-electron chi connectivity index (χ4n) is 25.3. The number of carbonyl (C=O) groups is 4. The summed E-state index contributed by atoms with van der Waals surface area (Å²) in [5.41, 5.74) is -11.3. The van der Waals surface area contributed by atoms with Crippen LogP contribution in [0.2, 0.25) is 0 Å². The quantitative estimate of drug-likeness (QED) is 0.0499. The summed E-state index contributed by atoms with van der Waals surface area (Å²) in [6.07, 6.45) is -13.3. The van der Waals surface area contributed by atoms with Gasteiger partial charge >= 0.3 is 23.9 Å². The van der Waals surface area contributed by atoms with Gasteiger partial charge in [0.1, 0.15) is 47.8 Å². The molecule has 2 aromatic rings. The minimum Gasteiger partial charge on any atom is -0.455 e. The third-order valence-corrected chi connectivity index (χ3v) is 27.5. The van der Waals surface area contributed by atoms with Crippen molar-refractivity contribution in [2.45, 2.75) is 179 Å². The minimum absolute atomic E-state index is 0.0501. The molecular formula is C71H98N2O22. The van der Waals surface area contributed by atoms with Crippen molar-refractivity contribution < 1.29 is 107 Å². The summed E-state index contributed by atoms with van der Waals surface area (Å²) in [6, 6.07) is 15.8. The van der Waals surface area contributed by atoms with Crippen LogP contribution in [0, 0.1) is 69.0 Å². The van der Waals surface area contributed by atoms with Crippen LogP contribution < -0.4 is 0 Å². The Hall–Kier alpha value is -4.32. The molecule has 2 aliphatic heterocycles. The van der Waals surface area contributed by atoms with Crippen LogP contribution in [0.25, 0.3) is 0 Å². The molecule has 12 aliphatic rings. The molecule has 10 saturated carbocycles. The Morgan fingerprint density at radius 1 is 0.495 bits per heavy atom. The number of ether oxygens (including phenoxy) is 12. The highest BCUT2D eigenvalue weighted by atomic mass is 16.6. The highest BCUT2D eigenvalue weighted by molar-refractivity contribution is 5.90. The number of likely N-dealkylation sites (tertiary alicyclic amines) is 2. The summed E-state index contributed by atoms with van der Waals surface area (Å²) >= 11 is 0. The molecule has 0 aromatic heterocycles. The van der Waals surface area contributed by atoms with Gasteiger partial charge in [-0.1, -0.05) is 56.7 Å². The number of nitrogens with zero attached hydrogens (tertiary/aromatic N) is 2. The normalized spacial score (nSPS) is 48.9. The largest absolute Gasteiger partial charge is 0.455 e. The maximum atomic E-state index is 15.4. The molecule has 2 saturated heterocycles. The maximum Gasteiger partial charge on any atom is 0.338 e. The van der Waals surface area contributed by atoms with E-state index in [1.807, 2.05) is 13.8 Å². The number of unbranched alkanes of at least 4 members (excludes halogenated alkanes) is 2. The number of fused-ring (bicyclic) bond motifs is 4. The van der Waals surface area contributed by atoms with Crippen molar-refractivity contribution in [2.75, 3.05) is 96.3 Å². The lowest BCUT2D eigenvalue weighted by Gasteiger charge is -2.70. The molecule has 14 rings (SSSR count). The monoisotopic (exact) mass is 1330 g/mol. The van der Waals surface area contributed by atoms with Crippen molar-refractivity contribution in [3.8, 4) is 0 Å². The van der Waals surface area contributed by atoms with Crippen molar-refractivity contribution in [1.82, 2.24) is 9.80 Å². The van der Waals surface area contributed by atoms with E-state index >= 15 is 9.59 Å². The molecule has 30 atom stereocenters. The van der Waals surface area contributed by atoms with Crippen molar-refractivity contribution in [1.29, 1.82) is 0 Å². The van der Waals surface area contributed by atoms with E-state index in [4.69, 9.17) is 56.8 Å². The van der Waals surface area contributed by atoms with Gasteiger partial charge in [0.2, 0.25) is 0 Å². The number of methoxy groups -OCH3 is 8. The first-order valence-corrected chi connectivity index (χ1v) is 34.4. The summed E-state index contributed by atoms with van der Waals surface area (Å²) in [5, 5.41) is 78.7. The molecule has 95 heavy (non-hydrogen) atoms. The Labute approximate surface area is 554 Å². The number of esters is 4. The van der Waals surface area contributed by atoms with Gasteiger partial charge in [-0.25, -0.2) is 9.59 Å². The molecule has 6 N–H and O–H groups in total. The predicted octanol–water partition coefficient (Wildman–Crippen LogP) is 2.22. The Morgan fingerprint density at radius 2 is 0.874 bits per heavy atom. The third-order valence-electron chi connectivity index (χ3n) is 27.5. The van der Waals surface area contributed by atoms with Gasteiger partial charge in [0.05, 0.1) is 61.0 Å². The van der Waals surface area contributed by atoms with E-state index in [0.29, 0.717) is 26.2 Å². The van der Waals surface area contributed by atoms with E-state index in [-0.39, 0.29) is 82.1 Å². The summed E-state index contributed by atoms with van der Waals surface area (Å²) in [4.78, 5) is 64.2. The van der Waals surface area contributed by atoms with E-state index in [9.17, 15) is 40.2 Å². The minimum atomic E-state index is -2.01. The number of benzene rings is 2. The third kappa shape index (κ3) is 8.45. The van der Waals surface area contributed by atoms with Gasteiger partial charge in [0.15, 0.2) is 11.2 Å². The Balaban J connectivity index is 0.791. The summed E-state index contributed by atoms with van der Waals surface area (Å²) in [6.45, 7) is 6.03. The molecular weight excluding hydrogens is 1230 g/mol. The van der Waals surface area contributed by atoms with Gasteiger partial charge < -0.3 is 87.5 Å². The molecule has 12 fully saturated rings. The zero-order valence-electron chi connectivity index (χ0n) is 56.2. The lowest BCUT2D eigenvalue weighted by molar-refractivity contribution is -0.323. The summed E-state index contributed by atoms with van der Waals surface area (Å²) in [7, 11) is 12.3. The summed E-state index contributed by atoms with van der Waals surface area (Å²) in [5.74, 6) is -9.15. The fourth-order valence-corrected chi connectivity index (χ4v) is 25.3. The predicted molar refractivity (Wildman–Crippen MR) is 333 cm³/mol. The lowest BCUT2D eigenvalue weighted by Crippen LogP contribution is -2.81. The smallest absolute Gasteiger partial charge is 0.338 e. The molecule has 524 valence electrons. The summed E-state index contributed by atoms with van der Waals surface area (Å²) < 4.78 is 78.5. The molecule has 14 bridgehead atoms. The van der Waals surface area contributed by atoms with Crippen LogP contribution in [0.4, 0.5) is 0 Å². The number of aliphatic hydroxyl groups excluding tert-OH is 4. The number of carbonyl (C=O) groups excluding carboxylic acids is 4. The second-order valence-electron chi connectivity index (χ2n) is 30.2. The Morgan fingerprint density at radius 3 is 1.20 bits per heavy atom. The molecule has 2 unspecified atom stereocenters. The average Bonchev–Trinajstić information content (AvgIpc) is 1.46. The molecule has 0 amide bonds. The highest BCUT2D eigenvalue weighted by Gasteiger charge is 2.95. The van der Waals surface area contributed by atoms with Crippen molar-refractivity contribution in [2.24, 2.45) is 69.0 Å². The molecule has 2 aromatic carbocycles. The zero-order chi connectivity index (χ0) is 67.5. The fraction of sp³-hybridized carbons (Fsp3) is 0.775. The van der Waals surface area contributed by atoms with Crippen LogP contribution in [-0.4, -0.2) is 268 Å². The number of hydrogen-bond donors (Lipinski definition) is 6. The first kappa shape index (κ1) is 67.8. The SMILES string of the molecule is CCN1C[C@]2(COC)[C@H](O)C[C@H](OC)[C@]34C1[C@H]([C@H](OC)[C@H]23)[C@]1(OC(=O)CCCCCC(=O)O[C@]23[C@H]5[C@@H](OC(=O)c6ccccc6)[C@](O)(C[C@H]5[C@@]56C7[C@@H]2[C@H](OC)[C@@H]5[C@](COC)(CN7CC)[C@H](O)C[C@@H]6OC)[C@@H](OC)[C@@H]3O)[C@H]2[C@@H](OC(=O)c3ccccc3)[C@](O)(C[C@H]24)[C@@H](OC)[C@@H]1O. The maximum absolute atomic E-state index is 15.4. The van der Waals surface area contributed by atoms with Crippen molar-refractivity contribution >= 4 is 23.9 Å². The van der Waals surface area contributed by atoms with E-state index < -0.39 is 201 Å². The van der Waals surface area contributed by atoms with Crippen LogP contribution in [0.5, 0.6) is 0 Å². The Kier molecular flexibility index (Phi) is 17.3. The first-order chi connectivity index (χ1) is 45.6. The van der Waals surface area contributed by atoms with Crippen LogP contribution in [0.1, 0.15) is 92.4 Å². The number of hydrogen-bond acceptors (Lipinski definition) is 24. The van der Waals surface area contributed by atoms with E-state index in [1.165, 1.54) is 14.2 Å². The molecule has 2 spiro atoms.